The highest BCUT2D eigenvalue weighted by molar-refractivity contribution is 7.92. The van der Waals surface area contributed by atoms with Crippen LogP contribution in [-0.2, 0) is 9.84 Å². The lowest BCUT2D eigenvalue weighted by molar-refractivity contribution is 0.270. The summed E-state index contributed by atoms with van der Waals surface area (Å²) in [6.45, 7) is 4.42. The largest absolute Gasteiger partial charge is 0.370 e. The summed E-state index contributed by atoms with van der Waals surface area (Å²) < 4.78 is 23.8. The van der Waals surface area contributed by atoms with E-state index in [2.05, 4.69) is 16.8 Å². The van der Waals surface area contributed by atoms with E-state index in [1.807, 2.05) is 0 Å². The lowest BCUT2D eigenvalue weighted by Gasteiger charge is -2.32. The summed E-state index contributed by atoms with van der Waals surface area (Å²) in [6, 6.07) is 0. The van der Waals surface area contributed by atoms with Crippen LogP contribution in [0, 0.1) is 5.92 Å². The maximum atomic E-state index is 11.9. The van der Waals surface area contributed by atoms with Crippen molar-refractivity contribution in [3.63, 3.8) is 0 Å². The average molecular weight is 287 g/mol. The van der Waals surface area contributed by atoms with Crippen LogP contribution in [0.5, 0.6) is 0 Å². The van der Waals surface area contributed by atoms with Crippen molar-refractivity contribution in [1.29, 1.82) is 0 Å². The van der Waals surface area contributed by atoms with Gasteiger partial charge in [0.25, 0.3) is 0 Å². The number of guanidine groups is 1. The molecule has 0 saturated carbocycles. The highest BCUT2D eigenvalue weighted by atomic mass is 32.2. The quantitative estimate of drug-likeness (QED) is 0.607. The molecule has 2 atom stereocenters. The third kappa shape index (κ3) is 3.84. The van der Waals surface area contributed by atoms with Crippen LogP contribution in [0.4, 0.5) is 0 Å². The zero-order chi connectivity index (χ0) is 13.9. The molecule has 6 heteroatoms. The minimum Gasteiger partial charge on any atom is -0.370 e. The van der Waals surface area contributed by atoms with Gasteiger partial charge in [-0.15, -0.1) is 0 Å². The molecule has 19 heavy (non-hydrogen) atoms. The third-order valence-corrected chi connectivity index (χ3v) is 6.41. The van der Waals surface area contributed by atoms with Crippen molar-refractivity contribution in [2.75, 3.05) is 25.4 Å². The van der Waals surface area contributed by atoms with Gasteiger partial charge in [-0.2, -0.15) is 0 Å². The number of aliphatic imine (C=N–C) groups is 1. The Kier molecular flexibility index (Phi) is 4.71. The zero-order valence-corrected chi connectivity index (χ0v) is 12.5. The second kappa shape index (κ2) is 6.11. The molecule has 0 aromatic carbocycles. The predicted octanol–water partition coefficient (Wildman–Crippen LogP) is 1.00. The minimum atomic E-state index is -2.94. The summed E-state index contributed by atoms with van der Waals surface area (Å²) in [5, 5.41) is -0.318. The van der Waals surface area contributed by atoms with Crippen LogP contribution in [-0.4, -0.2) is 49.9 Å². The molecule has 2 rings (SSSR count). The molecule has 2 aliphatic heterocycles. The number of nitrogens with two attached hydrogens (primary N) is 1. The summed E-state index contributed by atoms with van der Waals surface area (Å²) in [5.74, 6) is 1.47. The van der Waals surface area contributed by atoms with Crippen molar-refractivity contribution in [2.24, 2.45) is 16.6 Å². The number of likely N-dealkylation sites (tertiary alicyclic amines) is 1. The van der Waals surface area contributed by atoms with Crippen LogP contribution >= 0.6 is 0 Å². The van der Waals surface area contributed by atoms with Crippen LogP contribution in [0.2, 0.25) is 0 Å². The molecule has 0 aromatic rings. The first-order valence-corrected chi connectivity index (χ1v) is 8.97. The Labute approximate surface area is 116 Å². The van der Waals surface area contributed by atoms with E-state index in [1.54, 1.807) is 0 Å². The van der Waals surface area contributed by atoms with Crippen LogP contribution in [0.1, 0.15) is 39.0 Å². The molecule has 0 radical (unpaired) electrons. The topological polar surface area (TPSA) is 75.8 Å². The van der Waals surface area contributed by atoms with Crippen molar-refractivity contribution in [3.8, 4) is 0 Å². The summed E-state index contributed by atoms with van der Waals surface area (Å²) in [4.78, 5) is 6.43. The molecule has 2 aliphatic rings. The summed E-state index contributed by atoms with van der Waals surface area (Å²) in [7, 11) is -2.94. The van der Waals surface area contributed by atoms with Crippen LogP contribution < -0.4 is 5.73 Å². The zero-order valence-electron chi connectivity index (χ0n) is 11.7. The fourth-order valence-corrected chi connectivity index (χ4v) is 4.69. The molecule has 0 bridgehead atoms. The molecule has 110 valence electrons. The molecule has 0 amide bonds. The number of hydrogen-bond donors (Lipinski definition) is 1. The van der Waals surface area contributed by atoms with Crippen molar-refractivity contribution >= 4 is 15.8 Å². The van der Waals surface area contributed by atoms with E-state index in [0.29, 0.717) is 24.2 Å². The molecule has 2 fully saturated rings. The van der Waals surface area contributed by atoms with Crippen molar-refractivity contribution in [1.82, 2.24) is 4.90 Å². The van der Waals surface area contributed by atoms with Gasteiger partial charge in [0.15, 0.2) is 15.8 Å². The fourth-order valence-electron chi connectivity index (χ4n) is 2.92. The Morgan fingerprint density at radius 2 is 2.11 bits per heavy atom. The van der Waals surface area contributed by atoms with Crippen LogP contribution in [0.15, 0.2) is 4.99 Å². The fraction of sp³-hybridized carbons (Fsp3) is 0.923. The summed E-state index contributed by atoms with van der Waals surface area (Å²) in [6.07, 6.45) is 4.89. The first-order valence-electron chi connectivity index (χ1n) is 7.25. The lowest BCUT2D eigenvalue weighted by atomic mass is 10.0. The standard InChI is InChI=1S/C13H25N3O2S/c1-11-5-4-7-16(10-11)13(14)15-9-12-6-2-3-8-19(12,17)18/h11-12H,2-10H2,1H3,(H2,14,15)/t11-,12-/m0/s1. The number of piperidine rings is 1. The lowest BCUT2D eigenvalue weighted by Crippen LogP contribution is -2.44. The van der Waals surface area contributed by atoms with E-state index in [-0.39, 0.29) is 5.25 Å². The Morgan fingerprint density at radius 3 is 2.79 bits per heavy atom. The summed E-state index contributed by atoms with van der Waals surface area (Å²) in [5.41, 5.74) is 6.00. The predicted molar refractivity (Wildman–Crippen MR) is 77.9 cm³/mol. The first-order chi connectivity index (χ1) is 8.99. The van der Waals surface area contributed by atoms with Gasteiger partial charge in [-0.1, -0.05) is 13.3 Å². The average Bonchev–Trinajstić information content (AvgIpc) is 2.36. The van der Waals surface area contributed by atoms with Gasteiger partial charge in [-0.25, -0.2) is 8.42 Å². The van der Waals surface area contributed by atoms with Gasteiger partial charge in [-0.05, 0) is 31.6 Å². The smallest absolute Gasteiger partial charge is 0.191 e. The van der Waals surface area contributed by atoms with Crippen molar-refractivity contribution in [3.05, 3.63) is 0 Å². The Morgan fingerprint density at radius 1 is 1.32 bits per heavy atom. The van der Waals surface area contributed by atoms with Gasteiger partial charge >= 0.3 is 0 Å². The van der Waals surface area contributed by atoms with E-state index >= 15 is 0 Å². The molecule has 0 unspecified atom stereocenters. The molecule has 5 nitrogen and oxygen atoms in total. The van der Waals surface area contributed by atoms with E-state index in [4.69, 9.17) is 5.73 Å². The van der Waals surface area contributed by atoms with Crippen LogP contribution in [0.25, 0.3) is 0 Å². The molecule has 2 N–H and O–H groups in total. The van der Waals surface area contributed by atoms with Gasteiger partial charge in [0.2, 0.25) is 0 Å². The van der Waals surface area contributed by atoms with Gasteiger partial charge < -0.3 is 10.6 Å². The van der Waals surface area contributed by atoms with Crippen molar-refractivity contribution in [2.45, 2.75) is 44.3 Å². The number of rotatable bonds is 2. The van der Waals surface area contributed by atoms with Crippen LogP contribution in [0.3, 0.4) is 0 Å². The van der Waals surface area contributed by atoms with Gasteiger partial charge in [0.1, 0.15) is 0 Å². The molecular formula is C13H25N3O2S. The minimum absolute atomic E-state index is 0.313. The maximum absolute atomic E-state index is 11.9. The molecule has 0 aromatic heterocycles. The van der Waals surface area contributed by atoms with Gasteiger partial charge in [0.05, 0.1) is 17.5 Å². The number of sulfone groups is 1. The third-order valence-electron chi connectivity index (χ3n) is 4.15. The Hall–Kier alpha value is -0.780. The number of hydrogen-bond acceptors (Lipinski definition) is 3. The van der Waals surface area contributed by atoms with Gasteiger partial charge in [0, 0.05) is 13.1 Å². The van der Waals surface area contributed by atoms with E-state index in [0.717, 1.165) is 38.8 Å². The highest BCUT2D eigenvalue weighted by Crippen LogP contribution is 2.20. The monoisotopic (exact) mass is 287 g/mol. The van der Waals surface area contributed by atoms with Crippen molar-refractivity contribution < 1.29 is 8.42 Å². The first kappa shape index (κ1) is 14.6. The molecule has 0 aliphatic carbocycles. The molecule has 2 heterocycles. The van der Waals surface area contributed by atoms with Gasteiger partial charge in [-0.3, -0.25) is 4.99 Å². The Bertz CT molecular complexity index is 433. The second-order valence-electron chi connectivity index (χ2n) is 5.88. The second-order valence-corrected chi connectivity index (χ2v) is 8.28. The molecule has 0 spiro atoms. The SMILES string of the molecule is C[C@H]1CCCN(C(N)=NC[C@@H]2CCCCS2(=O)=O)C1. The highest BCUT2D eigenvalue weighted by Gasteiger charge is 2.28. The maximum Gasteiger partial charge on any atom is 0.191 e. The molecular weight excluding hydrogens is 262 g/mol. The Balaban J connectivity index is 1.93. The molecule has 2 saturated heterocycles. The summed E-state index contributed by atoms with van der Waals surface area (Å²) >= 11 is 0. The van der Waals surface area contributed by atoms with E-state index < -0.39 is 9.84 Å². The van der Waals surface area contributed by atoms with E-state index in [1.165, 1.54) is 6.42 Å². The normalized spacial score (nSPS) is 32.3. The number of nitrogens with zero attached hydrogens (tertiary/aromatic N) is 2. The van der Waals surface area contributed by atoms with E-state index in [9.17, 15) is 8.42 Å².